The average molecular weight is 302 g/mol. The topological polar surface area (TPSA) is 59.6 Å². The van der Waals surface area contributed by atoms with Crippen LogP contribution in [0.1, 0.15) is 5.56 Å². The lowest BCUT2D eigenvalue weighted by Gasteiger charge is -2.21. The van der Waals surface area contributed by atoms with Crippen molar-refractivity contribution in [1.29, 1.82) is 0 Å². The van der Waals surface area contributed by atoms with Gasteiger partial charge in [-0.05, 0) is 29.8 Å². The molecule has 6 heteroatoms. The molecule has 0 saturated carbocycles. The highest BCUT2D eigenvalue weighted by molar-refractivity contribution is 5.91. The number of ether oxygens (including phenoxy) is 2. The van der Waals surface area contributed by atoms with E-state index in [9.17, 15) is 9.18 Å². The van der Waals surface area contributed by atoms with Crippen LogP contribution < -0.4 is 20.1 Å². The van der Waals surface area contributed by atoms with Gasteiger partial charge >= 0.3 is 6.03 Å². The number of urea groups is 1. The summed E-state index contributed by atoms with van der Waals surface area (Å²) >= 11 is 0. The number of halogens is 1. The van der Waals surface area contributed by atoms with E-state index in [1.807, 2.05) is 0 Å². The number of anilines is 1. The zero-order valence-electron chi connectivity index (χ0n) is 11.8. The maximum absolute atomic E-state index is 12.8. The molecule has 0 saturated heterocycles. The van der Waals surface area contributed by atoms with Crippen molar-refractivity contribution in [2.45, 2.75) is 6.54 Å². The molecule has 3 rings (SSSR count). The number of nitrogens with one attached hydrogen (secondary N) is 2. The van der Waals surface area contributed by atoms with Crippen LogP contribution in [0.15, 0.2) is 42.5 Å². The normalized spacial score (nSPS) is 12.6. The first-order valence-electron chi connectivity index (χ1n) is 6.90. The highest BCUT2D eigenvalue weighted by Crippen LogP contribution is 2.37. The summed E-state index contributed by atoms with van der Waals surface area (Å²) in [5.41, 5.74) is 1.36. The van der Waals surface area contributed by atoms with Gasteiger partial charge in [-0.3, -0.25) is 0 Å². The van der Waals surface area contributed by atoms with Gasteiger partial charge in [0.05, 0.1) is 5.69 Å². The summed E-state index contributed by atoms with van der Waals surface area (Å²) in [6.45, 7) is 1.24. The van der Waals surface area contributed by atoms with E-state index in [0.717, 1.165) is 5.56 Å². The monoisotopic (exact) mass is 302 g/mol. The fraction of sp³-hybridized carbons (Fsp3) is 0.188. The molecule has 2 aromatic carbocycles. The van der Waals surface area contributed by atoms with Gasteiger partial charge in [0.15, 0.2) is 11.5 Å². The molecule has 1 aliphatic heterocycles. The van der Waals surface area contributed by atoms with Crippen molar-refractivity contribution < 1.29 is 18.7 Å². The summed E-state index contributed by atoms with van der Waals surface area (Å²) in [6.07, 6.45) is 0. The summed E-state index contributed by atoms with van der Waals surface area (Å²) in [5, 5.41) is 5.43. The molecule has 1 aliphatic rings. The molecular weight excluding hydrogens is 287 g/mol. The minimum absolute atomic E-state index is 0.304. The highest BCUT2D eigenvalue weighted by atomic mass is 19.1. The zero-order valence-corrected chi connectivity index (χ0v) is 11.8. The Labute approximate surface area is 127 Å². The van der Waals surface area contributed by atoms with Gasteiger partial charge in [-0.15, -0.1) is 0 Å². The van der Waals surface area contributed by atoms with E-state index >= 15 is 0 Å². The molecule has 0 fully saturated rings. The van der Waals surface area contributed by atoms with Crippen LogP contribution in [0.25, 0.3) is 0 Å². The number of fused-ring (bicyclic) bond motifs is 1. The van der Waals surface area contributed by atoms with Crippen molar-refractivity contribution in [1.82, 2.24) is 5.32 Å². The lowest BCUT2D eigenvalue weighted by atomic mass is 10.2. The molecule has 5 nitrogen and oxygen atoms in total. The smallest absolute Gasteiger partial charge is 0.319 e. The number of carbonyl (C=O) groups is 1. The third-order valence-electron chi connectivity index (χ3n) is 3.18. The minimum atomic E-state index is -0.369. The summed E-state index contributed by atoms with van der Waals surface area (Å²) < 4.78 is 23.8. The van der Waals surface area contributed by atoms with E-state index < -0.39 is 0 Å². The van der Waals surface area contributed by atoms with Crippen LogP contribution in [0.5, 0.6) is 11.5 Å². The Kier molecular flexibility index (Phi) is 4.09. The van der Waals surface area contributed by atoms with E-state index in [4.69, 9.17) is 9.47 Å². The first-order chi connectivity index (χ1) is 10.7. The van der Waals surface area contributed by atoms with Crippen LogP contribution >= 0.6 is 0 Å². The molecule has 0 bridgehead atoms. The second-order valence-corrected chi connectivity index (χ2v) is 4.76. The number of rotatable bonds is 3. The van der Waals surface area contributed by atoms with Gasteiger partial charge in [-0.1, -0.05) is 18.2 Å². The highest BCUT2D eigenvalue weighted by Gasteiger charge is 2.16. The number of para-hydroxylation sites is 1. The third kappa shape index (κ3) is 3.28. The Morgan fingerprint density at radius 1 is 1.09 bits per heavy atom. The van der Waals surface area contributed by atoms with Crippen LogP contribution in [0, 0.1) is 5.82 Å². The molecule has 22 heavy (non-hydrogen) atoms. The molecule has 0 spiro atoms. The van der Waals surface area contributed by atoms with Crippen molar-refractivity contribution in [3.8, 4) is 11.5 Å². The van der Waals surface area contributed by atoms with Gasteiger partial charge < -0.3 is 20.1 Å². The number of carbonyl (C=O) groups excluding carboxylic acids is 1. The number of benzene rings is 2. The second kappa shape index (κ2) is 6.34. The predicted octanol–water partition coefficient (Wildman–Crippen LogP) is 2.92. The number of hydrogen-bond acceptors (Lipinski definition) is 3. The Morgan fingerprint density at radius 3 is 2.68 bits per heavy atom. The molecule has 0 aromatic heterocycles. The van der Waals surface area contributed by atoms with Gasteiger partial charge in [0.25, 0.3) is 0 Å². The number of amides is 2. The largest absolute Gasteiger partial charge is 0.486 e. The molecule has 2 aromatic rings. The van der Waals surface area contributed by atoms with Crippen molar-refractivity contribution in [3.05, 3.63) is 53.8 Å². The molecule has 2 N–H and O–H groups in total. The first kappa shape index (κ1) is 14.2. The van der Waals surface area contributed by atoms with E-state index in [0.29, 0.717) is 36.9 Å². The maximum Gasteiger partial charge on any atom is 0.319 e. The summed E-state index contributed by atoms with van der Waals surface area (Å²) in [4.78, 5) is 11.9. The van der Waals surface area contributed by atoms with Gasteiger partial charge in [-0.25, -0.2) is 9.18 Å². The van der Waals surface area contributed by atoms with Crippen molar-refractivity contribution in [3.63, 3.8) is 0 Å². The standard InChI is InChI=1S/C16H15FN2O3/c17-12-6-4-11(5-7-12)10-18-16(20)19-13-2-1-3-14-15(13)22-9-8-21-14/h1-7H,8-10H2,(H2,18,19,20). The van der Waals surface area contributed by atoms with E-state index in [2.05, 4.69) is 10.6 Å². The summed E-state index contributed by atoms with van der Waals surface area (Å²) in [5.74, 6) is 0.842. The van der Waals surface area contributed by atoms with Crippen LogP contribution in [-0.2, 0) is 6.54 Å². The quantitative estimate of drug-likeness (QED) is 0.916. The minimum Gasteiger partial charge on any atom is -0.486 e. The average Bonchev–Trinajstić information content (AvgIpc) is 2.55. The van der Waals surface area contributed by atoms with Crippen molar-refractivity contribution in [2.75, 3.05) is 18.5 Å². The van der Waals surface area contributed by atoms with Gasteiger partial charge in [0, 0.05) is 6.54 Å². The Bertz CT molecular complexity index is 674. The molecule has 2 amide bonds. The van der Waals surface area contributed by atoms with Crippen molar-refractivity contribution >= 4 is 11.7 Å². The fourth-order valence-electron chi connectivity index (χ4n) is 2.12. The Morgan fingerprint density at radius 2 is 1.86 bits per heavy atom. The van der Waals surface area contributed by atoms with E-state index in [1.54, 1.807) is 30.3 Å². The van der Waals surface area contributed by atoms with Gasteiger partial charge in [-0.2, -0.15) is 0 Å². The van der Waals surface area contributed by atoms with Crippen molar-refractivity contribution in [2.24, 2.45) is 0 Å². The third-order valence-corrected chi connectivity index (χ3v) is 3.18. The van der Waals surface area contributed by atoms with Crippen LogP contribution in [0.4, 0.5) is 14.9 Å². The lowest BCUT2D eigenvalue weighted by Crippen LogP contribution is -2.28. The van der Waals surface area contributed by atoms with Crippen LogP contribution in [0.3, 0.4) is 0 Å². The molecule has 1 heterocycles. The number of hydrogen-bond donors (Lipinski definition) is 2. The van der Waals surface area contributed by atoms with Crippen LogP contribution in [0.2, 0.25) is 0 Å². The van der Waals surface area contributed by atoms with Gasteiger partial charge in [0.2, 0.25) is 0 Å². The first-order valence-corrected chi connectivity index (χ1v) is 6.90. The molecule has 0 radical (unpaired) electrons. The lowest BCUT2D eigenvalue weighted by molar-refractivity contribution is 0.172. The molecular formula is C16H15FN2O3. The van der Waals surface area contributed by atoms with E-state index in [-0.39, 0.29) is 11.8 Å². The molecule has 114 valence electrons. The van der Waals surface area contributed by atoms with Crippen LogP contribution in [-0.4, -0.2) is 19.2 Å². The fourth-order valence-corrected chi connectivity index (χ4v) is 2.12. The van der Waals surface area contributed by atoms with Gasteiger partial charge in [0.1, 0.15) is 19.0 Å². The summed E-state index contributed by atoms with van der Waals surface area (Å²) in [6, 6.07) is 10.9. The molecule has 0 atom stereocenters. The molecule has 0 unspecified atom stereocenters. The zero-order chi connectivity index (χ0) is 15.4. The summed E-state index contributed by atoms with van der Waals surface area (Å²) in [7, 11) is 0. The second-order valence-electron chi connectivity index (χ2n) is 4.76. The maximum atomic E-state index is 12.8. The molecule has 0 aliphatic carbocycles. The van der Waals surface area contributed by atoms with E-state index in [1.165, 1.54) is 12.1 Å². The SMILES string of the molecule is O=C(NCc1ccc(F)cc1)Nc1cccc2c1OCCO2. The Hall–Kier alpha value is -2.76. The Balaban J connectivity index is 1.61. The predicted molar refractivity (Wildman–Crippen MR) is 79.7 cm³/mol.